The Hall–Kier alpha value is -2.66. The first-order valence-corrected chi connectivity index (χ1v) is 7.48. The van der Waals surface area contributed by atoms with E-state index in [0.29, 0.717) is 15.8 Å². The Bertz CT molecular complexity index is 936. The first kappa shape index (κ1) is 15.2. The highest BCUT2D eigenvalue weighted by molar-refractivity contribution is 6.31. The number of fused-ring (bicyclic) bond motifs is 1. The molecule has 0 bridgehead atoms. The van der Waals surface area contributed by atoms with Crippen molar-refractivity contribution >= 4 is 28.3 Å². The Labute approximate surface area is 137 Å². The molecule has 3 rings (SSSR count). The molecule has 2 N–H and O–H groups in total. The van der Waals surface area contributed by atoms with Gasteiger partial charge in [-0.05, 0) is 24.6 Å². The van der Waals surface area contributed by atoms with Gasteiger partial charge in [-0.15, -0.1) is 0 Å². The van der Waals surface area contributed by atoms with Gasteiger partial charge in [0, 0.05) is 10.4 Å². The summed E-state index contributed by atoms with van der Waals surface area (Å²) in [5, 5.41) is 10.6. The average Bonchev–Trinajstić information content (AvgIpc) is 2.55. The molecule has 2 aromatic carbocycles. The topological polar surface area (TPSA) is 74.8 Å². The molecule has 0 saturated heterocycles. The van der Waals surface area contributed by atoms with Crippen LogP contribution in [-0.2, 0) is 0 Å². The largest absolute Gasteiger partial charge is 0.344 e. The third-order valence-corrected chi connectivity index (χ3v) is 3.97. The number of H-pyrrole nitrogens is 1. The van der Waals surface area contributed by atoms with Gasteiger partial charge in [-0.25, -0.2) is 5.10 Å². The van der Waals surface area contributed by atoms with E-state index in [4.69, 9.17) is 11.6 Å². The van der Waals surface area contributed by atoms with Crippen LogP contribution >= 0.6 is 11.6 Å². The summed E-state index contributed by atoms with van der Waals surface area (Å²) in [6.07, 6.45) is 0. The number of nitrogens with one attached hydrogen (secondary N) is 2. The average molecular weight is 328 g/mol. The summed E-state index contributed by atoms with van der Waals surface area (Å²) in [4.78, 5) is 24.3. The Balaban J connectivity index is 1.94. The van der Waals surface area contributed by atoms with E-state index in [1.807, 2.05) is 25.1 Å². The minimum Gasteiger partial charge on any atom is -0.344 e. The normalized spacial score (nSPS) is 12.1. The highest BCUT2D eigenvalue weighted by atomic mass is 35.5. The fraction of sp³-hybridized carbons (Fsp3) is 0.118. The second kappa shape index (κ2) is 6.22. The van der Waals surface area contributed by atoms with Crippen LogP contribution in [0.15, 0.2) is 53.3 Å². The highest BCUT2D eigenvalue weighted by Crippen LogP contribution is 2.22. The molecule has 3 aromatic rings. The smallest absolute Gasteiger partial charge is 0.272 e. The number of aromatic nitrogens is 2. The Morgan fingerprint density at radius 2 is 1.78 bits per heavy atom. The van der Waals surface area contributed by atoms with E-state index in [1.54, 1.807) is 30.3 Å². The van der Waals surface area contributed by atoms with Crippen LogP contribution in [0.1, 0.15) is 29.0 Å². The van der Waals surface area contributed by atoms with E-state index in [2.05, 4.69) is 15.5 Å². The lowest BCUT2D eigenvalue weighted by Gasteiger charge is -2.15. The van der Waals surface area contributed by atoms with Crippen molar-refractivity contribution in [2.45, 2.75) is 13.0 Å². The molecule has 1 aromatic heterocycles. The van der Waals surface area contributed by atoms with E-state index in [1.165, 1.54) is 0 Å². The van der Waals surface area contributed by atoms with Crippen molar-refractivity contribution in [2.75, 3.05) is 0 Å². The van der Waals surface area contributed by atoms with Crippen LogP contribution in [0.25, 0.3) is 10.8 Å². The summed E-state index contributed by atoms with van der Waals surface area (Å²) in [6.45, 7) is 1.84. The quantitative estimate of drug-likeness (QED) is 0.776. The van der Waals surface area contributed by atoms with Gasteiger partial charge in [-0.2, -0.15) is 5.10 Å². The molecular formula is C17H14ClN3O2. The standard InChI is InChI=1S/C17H14ClN3O2/c1-10(11-6-4-5-9-14(11)18)19-17(23)15-12-7-2-3-8-13(12)16(22)21-20-15/h2-10H,1H3,(H,19,23)(H,21,22). The summed E-state index contributed by atoms with van der Waals surface area (Å²) < 4.78 is 0. The third kappa shape index (κ3) is 2.96. The van der Waals surface area contributed by atoms with Crippen molar-refractivity contribution in [1.29, 1.82) is 0 Å². The van der Waals surface area contributed by atoms with Gasteiger partial charge < -0.3 is 5.32 Å². The van der Waals surface area contributed by atoms with Gasteiger partial charge >= 0.3 is 0 Å². The molecule has 0 aliphatic carbocycles. The number of carbonyl (C=O) groups is 1. The minimum absolute atomic E-state index is 0.180. The van der Waals surface area contributed by atoms with Gasteiger partial charge in [-0.3, -0.25) is 9.59 Å². The van der Waals surface area contributed by atoms with Gasteiger partial charge in [0.25, 0.3) is 11.5 Å². The molecule has 23 heavy (non-hydrogen) atoms. The second-order valence-corrected chi connectivity index (χ2v) is 5.57. The van der Waals surface area contributed by atoms with Gasteiger partial charge in [0.1, 0.15) is 0 Å². The number of hydrogen-bond acceptors (Lipinski definition) is 3. The lowest BCUT2D eigenvalue weighted by Crippen LogP contribution is -2.29. The Morgan fingerprint density at radius 3 is 2.52 bits per heavy atom. The summed E-state index contributed by atoms with van der Waals surface area (Å²) in [5.74, 6) is -0.370. The molecule has 0 aliphatic heterocycles. The molecule has 0 saturated carbocycles. The van der Waals surface area contributed by atoms with Gasteiger partial charge in [-0.1, -0.05) is 48.0 Å². The van der Waals surface area contributed by atoms with Crippen molar-refractivity contribution in [1.82, 2.24) is 15.5 Å². The van der Waals surface area contributed by atoms with Crippen LogP contribution in [-0.4, -0.2) is 16.1 Å². The molecule has 0 spiro atoms. The molecule has 5 nitrogen and oxygen atoms in total. The second-order valence-electron chi connectivity index (χ2n) is 5.16. The minimum atomic E-state index is -0.370. The van der Waals surface area contributed by atoms with E-state index < -0.39 is 0 Å². The zero-order valence-corrected chi connectivity index (χ0v) is 13.1. The molecule has 0 radical (unpaired) electrons. The molecule has 1 unspecified atom stereocenters. The first-order valence-electron chi connectivity index (χ1n) is 7.10. The van der Waals surface area contributed by atoms with E-state index in [9.17, 15) is 9.59 Å². The summed E-state index contributed by atoms with van der Waals surface area (Å²) in [7, 11) is 0. The van der Waals surface area contributed by atoms with Crippen LogP contribution in [0, 0.1) is 0 Å². The number of benzene rings is 2. The fourth-order valence-corrected chi connectivity index (χ4v) is 2.76. The number of rotatable bonds is 3. The van der Waals surface area contributed by atoms with E-state index in [0.717, 1.165) is 5.56 Å². The number of carbonyl (C=O) groups excluding carboxylic acids is 1. The maximum absolute atomic E-state index is 12.5. The lowest BCUT2D eigenvalue weighted by atomic mass is 10.1. The molecule has 0 aliphatic rings. The third-order valence-electron chi connectivity index (χ3n) is 3.63. The lowest BCUT2D eigenvalue weighted by molar-refractivity contribution is 0.0935. The van der Waals surface area contributed by atoms with Gasteiger partial charge in [0.15, 0.2) is 5.69 Å². The first-order chi connectivity index (χ1) is 11.1. The SMILES string of the molecule is CC(NC(=O)c1n[nH]c(=O)c2ccccc12)c1ccccc1Cl. The van der Waals surface area contributed by atoms with Crippen LogP contribution in [0.2, 0.25) is 5.02 Å². The zero-order valence-electron chi connectivity index (χ0n) is 12.3. The summed E-state index contributed by atoms with van der Waals surface area (Å²) >= 11 is 6.15. The number of halogens is 1. The van der Waals surface area contributed by atoms with Crippen molar-refractivity contribution in [3.05, 3.63) is 75.2 Å². The van der Waals surface area contributed by atoms with Crippen LogP contribution < -0.4 is 10.9 Å². The summed E-state index contributed by atoms with van der Waals surface area (Å²) in [6, 6.07) is 13.9. The zero-order chi connectivity index (χ0) is 16.4. The van der Waals surface area contributed by atoms with Gasteiger partial charge in [0.2, 0.25) is 0 Å². The maximum Gasteiger partial charge on any atom is 0.272 e. The number of amides is 1. The van der Waals surface area contributed by atoms with Crippen molar-refractivity contribution < 1.29 is 4.79 Å². The van der Waals surface area contributed by atoms with Crippen LogP contribution in [0.4, 0.5) is 0 Å². The molecule has 1 amide bonds. The summed E-state index contributed by atoms with van der Waals surface area (Å²) in [5.41, 5.74) is 0.673. The number of nitrogens with zero attached hydrogens (tertiary/aromatic N) is 1. The Morgan fingerprint density at radius 1 is 1.13 bits per heavy atom. The van der Waals surface area contributed by atoms with Gasteiger partial charge in [0.05, 0.1) is 11.4 Å². The molecule has 1 atom stereocenters. The number of aromatic amines is 1. The monoisotopic (exact) mass is 327 g/mol. The van der Waals surface area contributed by atoms with Crippen molar-refractivity contribution in [2.24, 2.45) is 0 Å². The molecule has 1 heterocycles. The Kier molecular flexibility index (Phi) is 4.12. The predicted molar refractivity (Wildman–Crippen MR) is 89.7 cm³/mol. The highest BCUT2D eigenvalue weighted by Gasteiger charge is 2.17. The van der Waals surface area contributed by atoms with Crippen molar-refractivity contribution in [3.8, 4) is 0 Å². The predicted octanol–water partition coefficient (Wildman–Crippen LogP) is 3.07. The van der Waals surface area contributed by atoms with Crippen LogP contribution in [0.5, 0.6) is 0 Å². The fourth-order valence-electron chi connectivity index (χ4n) is 2.46. The van der Waals surface area contributed by atoms with Crippen molar-refractivity contribution in [3.63, 3.8) is 0 Å². The molecule has 6 heteroatoms. The van der Waals surface area contributed by atoms with E-state index in [-0.39, 0.29) is 23.2 Å². The van der Waals surface area contributed by atoms with Crippen LogP contribution in [0.3, 0.4) is 0 Å². The molecular weight excluding hydrogens is 314 g/mol. The molecule has 116 valence electrons. The molecule has 0 fully saturated rings. The number of hydrogen-bond donors (Lipinski definition) is 2. The maximum atomic E-state index is 12.5. The van der Waals surface area contributed by atoms with E-state index >= 15 is 0 Å².